The molecular weight excluding hydrogens is 585 g/mol. The lowest BCUT2D eigenvalue weighted by atomic mass is 9.90. The smallest absolute Gasteiger partial charge is 0.416 e. The number of ether oxygens (including phenoxy) is 1. The number of hydrogen-bond donors (Lipinski definition) is 0. The van der Waals surface area contributed by atoms with Crippen LogP contribution in [0.4, 0.5) is 47.2 Å². The summed E-state index contributed by atoms with van der Waals surface area (Å²) in [5.74, 6) is -0.00827. The molecule has 0 radical (unpaired) electrons. The molecule has 15 heteroatoms. The summed E-state index contributed by atoms with van der Waals surface area (Å²) in [5, 5.41) is 12.1. The number of aromatic nitrogens is 4. The molecule has 0 fully saturated rings. The largest absolute Gasteiger partial charge is 0.446 e. The number of carbonyl (C=O) groups is 1. The van der Waals surface area contributed by atoms with Gasteiger partial charge in [0.25, 0.3) is 5.95 Å². The van der Waals surface area contributed by atoms with Crippen molar-refractivity contribution in [3.63, 3.8) is 0 Å². The molecule has 4 rings (SSSR count). The molecular formula is C28H31F7N6O2. The van der Waals surface area contributed by atoms with Crippen LogP contribution in [0.1, 0.15) is 71.7 Å². The van der Waals surface area contributed by atoms with Gasteiger partial charge in [0.05, 0.1) is 36.0 Å². The molecule has 2 heterocycles. The van der Waals surface area contributed by atoms with Crippen molar-refractivity contribution in [2.24, 2.45) is 7.05 Å². The first-order valence-electron chi connectivity index (χ1n) is 13.5. The van der Waals surface area contributed by atoms with E-state index in [-0.39, 0.29) is 53.4 Å². The monoisotopic (exact) mass is 616 g/mol. The SMILES string of the molecule is Cc1cc2c(c(C)c1C(F)(F)F)N(C(=O)OC(C)C)CCCC2N(Cc1cc(CF)cc(C(F)(F)F)c1)c1nnn(C)n1. The van der Waals surface area contributed by atoms with Crippen LogP contribution in [-0.4, -0.2) is 38.9 Å². The fourth-order valence-electron chi connectivity index (χ4n) is 5.54. The van der Waals surface area contributed by atoms with E-state index < -0.39 is 48.4 Å². The Hall–Kier alpha value is -3.91. The average molecular weight is 617 g/mol. The molecule has 8 nitrogen and oxygen atoms in total. The summed E-state index contributed by atoms with van der Waals surface area (Å²) in [6, 6.07) is 3.42. The van der Waals surface area contributed by atoms with E-state index in [0.717, 1.165) is 16.9 Å². The van der Waals surface area contributed by atoms with Crippen LogP contribution < -0.4 is 9.80 Å². The zero-order chi connectivity index (χ0) is 31.9. The highest BCUT2D eigenvalue weighted by Gasteiger charge is 2.41. The number of rotatable bonds is 6. The van der Waals surface area contributed by atoms with Crippen LogP contribution in [0.2, 0.25) is 0 Å². The predicted molar refractivity (Wildman–Crippen MR) is 143 cm³/mol. The summed E-state index contributed by atoms with van der Waals surface area (Å²) >= 11 is 0. The maximum Gasteiger partial charge on any atom is 0.416 e. The van der Waals surface area contributed by atoms with Crippen molar-refractivity contribution in [2.45, 2.75) is 78.3 Å². The molecule has 1 unspecified atom stereocenters. The molecule has 2 aromatic carbocycles. The maximum atomic E-state index is 14.2. The second-order valence-corrected chi connectivity index (χ2v) is 10.7. The maximum absolute atomic E-state index is 14.2. The number of nitrogens with zero attached hydrogens (tertiary/aromatic N) is 6. The van der Waals surface area contributed by atoms with Gasteiger partial charge in [-0.25, -0.2) is 9.18 Å². The van der Waals surface area contributed by atoms with E-state index in [1.807, 2.05) is 0 Å². The Kier molecular flexibility index (Phi) is 8.93. The lowest BCUT2D eigenvalue weighted by Gasteiger charge is -2.34. The molecule has 1 aromatic heterocycles. The second-order valence-electron chi connectivity index (χ2n) is 10.7. The van der Waals surface area contributed by atoms with Gasteiger partial charge in [-0.1, -0.05) is 17.2 Å². The Morgan fingerprint density at radius 2 is 1.74 bits per heavy atom. The standard InChI is InChI=1S/C28H31F7N6O2/c1-15(2)43-26(42)40-8-6-7-22(21-9-16(3)23(28(33,34)35)17(4)24(21)40)41(25-36-38-39(5)37-25)14-19-10-18(13-29)11-20(12-19)27(30,31)32/h9-12,15,22H,6-8,13-14H2,1-5H3. The van der Waals surface area contributed by atoms with Crippen LogP contribution in [0, 0.1) is 13.8 Å². The molecule has 234 valence electrons. The highest BCUT2D eigenvalue weighted by atomic mass is 19.4. The molecule has 0 N–H and O–H groups in total. The fraction of sp³-hybridized carbons (Fsp3) is 0.500. The number of carbonyl (C=O) groups excluding carboxylic acids is 1. The van der Waals surface area contributed by atoms with Crippen molar-refractivity contribution >= 4 is 17.7 Å². The summed E-state index contributed by atoms with van der Waals surface area (Å²) in [5.41, 5.74) is -2.04. The van der Waals surface area contributed by atoms with E-state index in [0.29, 0.717) is 12.0 Å². The van der Waals surface area contributed by atoms with Gasteiger partial charge in [0.15, 0.2) is 0 Å². The van der Waals surface area contributed by atoms with Gasteiger partial charge in [0.2, 0.25) is 0 Å². The molecule has 0 spiro atoms. The first-order valence-corrected chi connectivity index (χ1v) is 13.5. The minimum atomic E-state index is -4.75. The minimum absolute atomic E-state index is 0.00606. The van der Waals surface area contributed by atoms with E-state index in [2.05, 4.69) is 15.4 Å². The number of halogens is 7. The normalized spacial score (nSPS) is 15.8. The molecule has 3 aromatic rings. The third-order valence-corrected chi connectivity index (χ3v) is 7.12. The van der Waals surface area contributed by atoms with E-state index in [9.17, 15) is 35.5 Å². The highest BCUT2D eigenvalue weighted by Crippen LogP contribution is 2.46. The van der Waals surface area contributed by atoms with Gasteiger partial charge in [-0.3, -0.25) is 4.90 Å². The zero-order valence-electron chi connectivity index (χ0n) is 24.1. The number of anilines is 2. The van der Waals surface area contributed by atoms with Crippen LogP contribution in [0.5, 0.6) is 0 Å². The van der Waals surface area contributed by atoms with Gasteiger partial charge in [-0.15, -0.1) is 5.10 Å². The topological polar surface area (TPSA) is 76.4 Å². The van der Waals surface area contributed by atoms with Crippen LogP contribution >= 0.6 is 0 Å². The summed E-state index contributed by atoms with van der Waals surface area (Å²) in [4.78, 5) is 17.0. The number of fused-ring (bicyclic) bond motifs is 1. The Morgan fingerprint density at radius 3 is 2.30 bits per heavy atom. The lowest BCUT2D eigenvalue weighted by Crippen LogP contribution is -2.35. The molecule has 1 atom stereocenters. The molecule has 0 saturated carbocycles. The van der Waals surface area contributed by atoms with E-state index >= 15 is 0 Å². The van der Waals surface area contributed by atoms with Crippen LogP contribution in [0.3, 0.4) is 0 Å². The second kappa shape index (κ2) is 12.0. The molecule has 43 heavy (non-hydrogen) atoms. The number of alkyl halides is 7. The van der Waals surface area contributed by atoms with Crippen LogP contribution in [0.25, 0.3) is 0 Å². The van der Waals surface area contributed by atoms with Crippen LogP contribution in [0.15, 0.2) is 24.3 Å². The van der Waals surface area contributed by atoms with E-state index in [4.69, 9.17) is 4.74 Å². The number of benzene rings is 2. The third-order valence-electron chi connectivity index (χ3n) is 7.12. The predicted octanol–water partition coefficient (Wildman–Crippen LogP) is 7.23. The van der Waals surface area contributed by atoms with Gasteiger partial charge >= 0.3 is 18.4 Å². The summed E-state index contributed by atoms with van der Waals surface area (Å²) < 4.78 is 103. The Labute approximate surface area is 243 Å². The Bertz CT molecular complexity index is 1490. The van der Waals surface area contributed by atoms with Gasteiger partial charge < -0.3 is 9.64 Å². The summed E-state index contributed by atoms with van der Waals surface area (Å²) in [7, 11) is 1.48. The molecule has 0 saturated heterocycles. The fourth-order valence-corrected chi connectivity index (χ4v) is 5.54. The van der Waals surface area contributed by atoms with Crippen molar-refractivity contribution in [3.05, 3.63) is 63.2 Å². The molecule has 1 aliphatic heterocycles. The van der Waals surface area contributed by atoms with Gasteiger partial charge in [-0.05, 0) is 85.7 Å². The highest BCUT2D eigenvalue weighted by molar-refractivity contribution is 5.91. The van der Waals surface area contributed by atoms with Crippen molar-refractivity contribution in [3.8, 4) is 0 Å². The quantitative estimate of drug-likeness (QED) is 0.272. The van der Waals surface area contributed by atoms with Gasteiger partial charge in [-0.2, -0.15) is 31.1 Å². The lowest BCUT2D eigenvalue weighted by molar-refractivity contribution is -0.139. The van der Waals surface area contributed by atoms with Crippen molar-refractivity contribution in [1.29, 1.82) is 0 Å². The average Bonchev–Trinajstić information content (AvgIpc) is 3.22. The van der Waals surface area contributed by atoms with Crippen molar-refractivity contribution in [1.82, 2.24) is 20.2 Å². The number of hydrogen-bond acceptors (Lipinski definition) is 6. The van der Waals surface area contributed by atoms with Gasteiger partial charge in [0.1, 0.15) is 6.67 Å². The molecule has 0 aliphatic carbocycles. The number of amides is 1. The number of tetrazole rings is 1. The molecule has 0 bridgehead atoms. The Morgan fingerprint density at radius 1 is 1.07 bits per heavy atom. The van der Waals surface area contributed by atoms with E-state index in [1.165, 1.54) is 42.8 Å². The van der Waals surface area contributed by atoms with Gasteiger partial charge in [0, 0.05) is 13.1 Å². The van der Waals surface area contributed by atoms with Crippen molar-refractivity contribution in [2.75, 3.05) is 16.3 Å². The first-order chi connectivity index (χ1) is 20.0. The molecule has 1 aliphatic rings. The molecule has 1 amide bonds. The van der Waals surface area contributed by atoms with Crippen molar-refractivity contribution < 1.29 is 40.3 Å². The summed E-state index contributed by atoms with van der Waals surface area (Å²) in [6.45, 7) is 4.43. The van der Waals surface area contributed by atoms with E-state index in [1.54, 1.807) is 13.8 Å². The number of aryl methyl sites for hydroxylation is 2. The third kappa shape index (κ3) is 6.85. The van der Waals surface area contributed by atoms with Crippen LogP contribution in [-0.2, 0) is 37.4 Å². The first kappa shape index (κ1) is 32.0. The Balaban J connectivity index is 1.94. The zero-order valence-corrected chi connectivity index (χ0v) is 24.1. The summed E-state index contributed by atoms with van der Waals surface area (Å²) in [6.07, 6.45) is -10.3. The minimum Gasteiger partial charge on any atom is -0.446 e.